The first-order chi connectivity index (χ1) is 23.3. The summed E-state index contributed by atoms with van der Waals surface area (Å²) < 4.78 is 10.9. The maximum atomic E-state index is 10.5. The molecule has 0 fully saturated rings. The van der Waals surface area contributed by atoms with Gasteiger partial charge in [0.2, 0.25) is 0 Å². The van der Waals surface area contributed by atoms with Crippen molar-refractivity contribution in [2.45, 2.75) is 0 Å². The zero-order chi connectivity index (χ0) is 31.1. The molecule has 10 rings (SSSR count). The molecule has 0 radical (unpaired) electrons. The van der Waals surface area contributed by atoms with Gasteiger partial charge in [-0.25, -0.2) is 0 Å². The third kappa shape index (κ3) is 3.69. The molecule has 3 aromatic heterocycles. The van der Waals surface area contributed by atoms with Crippen LogP contribution in [0.4, 0.5) is 0 Å². The number of nitrogens with zero attached hydrogens (tertiary/aromatic N) is 3. The summed E-state index contributed by atoms with van der Waals surface area (Å²) in [5, 5.41) is 17.5. The van der Waals surface area contributed by atoms with Gasteiger partial charge in [0, 0.05) is 49.8 Å². The lowest BCUT2D eigenvalue weighted by Crippen LogP contribution is -1.97. The number of hydrogen-bond acceptors (Lipinski definition) is 2. The summed E-state index contributed by atoms with van der Waals surface area (Å²) in [5.74, 6) is 0. The first kappa shape index (κ1) is 25.7. The van der Waals surface area contributed by atoms with Gasteiger partial charge in [-0.05, 0) is 65.7 Å². The fraction of sp³-hybridized carbons (Fsp3) is 0. The predicted molar refractivity (Wildman–Crippen MR) is 193 cm³/mol. The molecule has 47 heavy (non-hydrogen) atoms. The zero-order valence-corrected chi connectivity index (χ0v) is 25.2. The molecule has 3 heterocycles. The number of hydrogen-bond donors (Lipinski definition) is 0. The molecule has 4 heteroatoms. The number of para-hydroxylation sites is 4. The Balaban J connectivity index is 1.16. The van der Waals surface area contributed by atoms with Crippen LogP contribution in [-0.2, 0) is 0 Å². The van der Waals surface area contributed by atoms with Crippen molar-refractivity contribution in [3.05, 3.63) is 157 Å². The Bertz CT molecular complexity index is 2880. The number of nitriles is 1. The molecule has 10 aromatic rings. The summed E-state index contributed by atoms with van der Waals surface area (Å²) in [5.41, 5.74) is 10.7. The average molecular weight is 600 g/mol. The fourth-order valence-electron chi connectivity index (χ4n) is 7.49. The van der Waals surface area contributed by atoms with Gasteiger partial charge in [-0.15, -0.1) is 0 Å². The minimum atomic E-state index is 0.623. The molecule has 218 valence electrons. The van der Waals surface area contributed by atoms with Crippen molar-refractivity contribution in [1.29, 1.82) is 5.26 Å². The van der Waals surface area contributed by atoms with E-state index >= 15 is 0 Å². The second kappa shape index (κ2) is 9.71. The van der Waals surface area contributed by atoms with E-state index in [-0.39, 0.29) is 0 Å². The van der Waals surface area contributed by atoms with Crippen LogP contribution in [0.5, 0.6) is 0 Å². The molecule has 0 atom stereocenters. The summed E-state index contributed by atoms with van der Waals surface area (Å²) in [7, 11) is 0. The fourth-order valence-corrected chi connectivity index (χ4v) is 7.49. The Labute approximate surface area is 269 Å². The lowest BCUT2D eigenvalue weighted by molar-refractivity contribution is 0.669. The minimum Gasteiger partial charge on any atom is -0.456 e. The van der Waals surface area contributed by atoms with E-state index in [0.717, 1.165) is 77.3 Å². The number of rotatable bonds is 3. The SMILES string of the molecule is N#Cc1cc(-n2c3ccccc3c3cc4c(cc32)oc2ccccc24)ccc1-c1cccc(-n2c3ccccc3c3ccccc32)c1. The molecule has 0 aliphatic carbocycles. The maximum absolute atomic E-state index is 10.5. The topological polar surface area (TPSA) is 46.8 Å². The lowest BCUT2D eigenvalue weighted by Gasteiger charge is -2.13. The van der Waals surface area contributed by atoms with Gasteiger partial charge >= 0.3 is 0 Å². The van der Waals surface area contributed by atoms with E-state index in [1.54, 1.807) is 0 Å². The van der Waals surface area contributed by atoms with Crippen molar-refractivity contribution >= 4 is 65.6 Å². The van der Waals surface area contributed by atoms with Crippen LogP contribution in [0.25, 0.3) is 88.1 Å². The van der Waals surface area contributed by atoms with Crippen LogP contribution in [0.15, 0.2) is 156 Å². The molecule has 0 aliphatic rings. The van der Waals surface area contributed by atoms with Gasteiger partial charge < -0.3 is 13.6 Å². The monoisotopic (exact) mass is 599 g/mol. The van der Waals surface area contributed by atoms with E-state index in [9.17, 15) is 5.26 Å². The van der Waals surface area contributed by atoms with Crippen molar-refractivity contribution in [2.75, 3.05) is 0 Å². The Hall–Kier alpha value is -6.57. The van der Waals surface area contributed by atoms with Crippen LogP contribution in [0, 0.1) is 11.3 Å². The average Bonchev–Trinajstić information content (AvgIpc) is 3.77. The third-order valence-electron chi connectivity index (χ3n) is 9.55. The summed E-state index contributed by atoms with van der Waals surface area (Å²) in [4.78, 5) is 0. The Kier molecular flexibility index (Phi) is 5.32. The molecule has 7 aromatic carbocycles. The molecule has 0 bridgehead atoms. The van der Waals surface area contributed by atoms with Crippen molar-refractivity contribution in [3.8, 4) is 28.6 Å². The molecule has 0 amide bonds. The number of aromatic nitrogens is 2. The first-order valence-corrected chi connectivity index (χ1v) is 15.7. The van der Waals surface area contributed by atoms with Gasteiger partial charge in [0.25, 0.3) is 0 Å². The van der Waals surface area contributed by atoms with Crippen LogP contribution in [0.1, 0.15) is 5.56 Å². The number of benzene rings is 7. The van der Waals surface area contributed by atoms with Crippen LogP contribution < -0.4 is 0 Å². The highest BCUT2D eigenvalue weighted by atomic mass is 16.3. The quantitative estimate of drug-likeness (QED) is 0.203. The lowest BCUT2D eigenvalue weighted by atomic mass is 9.99. The zero-order valence-electron chi connectivity index (χ0n) is 25.2. The minimum absolute atomic E-state index is 0.623. The molecular weight excluding hydrogens is 574 g/mol. The summed E-state index contributed by atoms with van der Waals surface area (Å²) in [6.07, 6.45) is 0. The highest BCUT2D eigenvalue weighted by Gasteiger charge is 2.18. The Morgan fingerprint density at radius 1 is 0.426 bits per heavy atom. The molecule has 0 aliphatic heterocycles. The van der Waals surface area contributed by atoms with Crippen LogP contribution >= 0.6 is 0 Å². The first-order valence-electron chi connectivity index (χ1n) is 15.7. The van der Waals surface area contributed by atoms with Gasteiger partial charge in [0.1, 0.15) is 11.2 Å². The van der Waals surface area contributed by atoms with E-state index in [1.807, 2.05) is 24.3 Å². The van der Waals surface area contributed by atoms with Crippen LogP contribution in [-0.4, -0.2) is 9.13 Å². The normalized spacial score (nSPS) is 11.8. The largest absolute Gasteiger partial charge is 0.456 e. The molecular formula is C43H25N3O. The predicted octanol–water partition coefficient (Wildman–Crippen LogP) is 11.3. The highest BCUT2D eigenvalue weighted by molar-refractivity contribution is 6.17. The van der Waals surface area contributed by atoms with Crippen LogP contribution in [0.3, 0.4) is 0 Å². The van der Waals surface area contributed by atoms with Gasteiger partial charge in [0.05, 0.1) is 33.7 Å². The maximum Gasteiger partial charge on any atom is 0.137 e. The number of fused-ring (bicyclic) bond motifs is 9. The van der Waals surface area contributed by atoms with Gasteiger partial charge in [-0.3, -0.25) is 0 Å². The van der Waals surface area contributed by atoms with Gasteiger partial charge in [0.15, 0.2) is 0 Å². The summed E-state index contributed by atoms with van der Waals surface area (Å²) in [6, 6.07) is 55.3. The molecule has 0 N–H and O–H groups in total. The Morgan fingerprint density at radius 3 is 1.72 bits per heavy atom. The molecule has 4 nitrogen and oxygen atoms in total. The smallest absolute Gasteiger partial charge is 0.137 e. The Morgan fingerprint density at radius 2 is 1.02 bits per heavy atom. The highest BCUT2D eigenvalue weighted by Crippen LogP contribution is 2.39. The van der Waals surface area contributed by atoms with Crippen LogP contribution in [0.2, 0.25) is 0 Å². The second-order valence-corrected chi connectivity index (χ2v) is 12.1. The third-order valence-corrected chi connectivity index (χ3v) is 9.55. The van der Waals surface area contributed by atoms with E-state index in [4.69, 9.17) is 4.42 Å². The van der Waals surface area contributed by atoms with E-state index in [2.05, 4.69) is 143 Å². The van der Waals surface area contributed by atoms with Crippen molar-refractivity contribution in [2.24, 2.45) is 0 Å². The number of furan rings is 1. The molecule has 0 spiro atoms. The van der Waals surface area contributed by atoms with Crippen molar-refractivity contribution in [3.63, 3.8) is 0 Å². The van der Waals surface area contributed by atoms with Gasteiger partial charge in [-0.2, -0.15) is 5.26 Å². The van der Waals surface area contributed by atoms with E-state index < -0.39 is 0 Å². The molecule has 0 unspecified atom stereocenters. The molecule has 0 saturated heterocycles. The van der Waals surface area contributed by atoms with E-state index in [1.165, 1.54) is 10.8 Å². The van der Waals surface area contributed by atoms with Crippen molar-refractivity contribution < 1.29 is 4.42 Å². The summed E-state index contributed by atoms with van der Waals surface area (Å²) >= 11 is 0. The van der Waals surface area contributed by atoms with Crippen molar-refractivity contribution in [1.82, 2.24) is 9.13 Å². The standard InChI is InChI=1S/C43H25N3O/c44-26-28-23-30(46-40-18-7-3-14-34(40)36-24-37-35-15-4-8-19-42(35)47-43(37)25-41(36)46)20-21-31(28)27-10-9-11-29(22-27)45-38-16-5-1-12-32(38)33-13-2-6-17-39(33)45/h1-25H. The molecule has 0 saturated carbocycles. The second-order valence-electron chi connectivity index (χ2n) is 12.1. The van der Waals surface area contributed by atoms with E-state index in [0.29, 0.717) is 5.56 Å². The summed E-state index contributed by atoms with van der Waals surface area (Å²) in [6.45, 7) is 0. The van der Waals surface area contributed by atoms with Gasteiger partial charge in [-0.1, -0.05) is 91.0 Å².